The summed E-state index contributed by atoms with van der Waals surface area (Å²) in [5, 5.41) is 29.6. The molecule has 20 heavy (non-hydrogen) atoms. The SMILES string of the molecule is CN1C(=O)/C(=C\c2cc(O)c(O)c([N+](=O)[O-])c2)SC1=S. The second-order valence-corrected chi connectivity index (χ2v) is 5.58. The lowest BCUT2D eigenvalue weighted by Gasteiger charge is -2.04. The van der Waals surface area contributed by atoms with Crippen LogP contribution in [-0.2, 0) is 4.79 Å². The summed E-state index contributed by atoms with van der Waals surface area (Å²) in [6, 6.07) is 2.20. The Morgan fingerprint density at radius 1 is 1.45 bits per heavy atom. The summed E-state index contributed by atoms with van der Waals surface area (Å²) in [6.07, 6.45) is 1.37. The molecule has 0 aliphatic carbocycles. The Morgan fingerprint density at radius 3 is 2.60 bits per heavy atom. The van der Waals surface area contributed by atoms with Crippen molar-refractivity contribution in [2.24, 2.45) is 0 Å². The highest BCUT2D eigenvalue weighted by Gasteiger charge is 2.29. The first-order chi connectivity index (χ1) is 9.31. The molecule has 104 valence electrons. The van der Waals surface area contributed by atoms with Crippen LogP contribution in [0, 0.1) is 10.1 Å². The maximum atomic E-state index is 11.8. The number of hydrogen-bond acceptors (Lipinski definition) is 7. The van der Waals surface area contributed by atoms with Crippen molar-refractivity contribution in [2.75, 3.05) is 7.05 Å². The van der Waals surface area contributed by atoms with Crippen LogP contribution in [0.25, 0.3) is 6.08 Å². The average molecular weight is 312 g/mol. The molecule has 7 nitrogen and oxygen atoms in total. The third-order valence-electron chi connectivity index (χ3n) is 2.57. The lowest BCUT2D eigenvalue weighted by Crippen LogP contribution is -2.22. The largest absolute Gasteiger partial charge is 0.504 e. The first-order valence-electron chi connectivity index (χ1n) is 5.23. The predicted molar refractivity (Wildman–Crippen MR) is 77.4 cm³/mol. The van der Waals surface area contributed by atoms with Crippen LogP contribution in [0.2, 0.25) is 0 Å². The molecule has 1 aromatic carbocycles. The van der Waals surface area contributed by atoms with Gasteiger partial charge in [-0.1, -0.05) is 24.0 Å². The van der Waals surface area contributed by atoms with Gasteiger partial charge in [0.15, 0.2) is 5.75 Å². The molecule has 1 amide bonds. The molecule has 1 aromatic rings. The molecule has 2 N–H and O–H groups in total. The van der Waals surface area contributed by atoms with Crippen LogP contribution >= 0.6 is 24.0 Å². The van der Waals surface area contributed by atoms with Gasteiger partial charge in [0.25, 0.3) is 5.91 Å². The summed E-state index contributed by atoms with van der Waals surface area (Å²) in [5.41, 5.74) is -0.413. The summed E-state index contributed by atoms with van der Waals surface area (Å²) in [7, 11) is 1.52. The van der Waals surface area contributed by atoms with Gasteiger partial charge in [-0.2, -0.15) is 0 Å². The topological polar surface area (TPSA) is 104 Å². The maximum Gasteiger partial charge on any atom is 0.315 e. The zero-order chi connectivity index (χ0) is 15.0. The van der Waals surface area contributed by atoms with Crippen LogP contribution in [-0.4, -0.2) is 37.3 Å². The van der Waals surface area contributed by atoms with E-state index in [1.807, 2.05) is 0 Å². The van der Waals surface area contributed by atoms with Crippen molar-refractivity contribution >= 4 is 46.0 Å². The summed E-state index contributed by atoms with van der Waals surface area (Å²) in [6.45, 7) is 0. The summed E-state index contributed by atoms with van der Waals surface area (Å²) in [4.78, 5) is 23.3. The number of hydrogen-bond donors (Lipinski definition) is 2. The number of amides is 1. The van der Waals surface area contributed by atoms with Crippen LogP contribution in [0.3, 0.4) is 0 Å². The van der Waals surface area contributed by atoms with Crippen LogP contribution in [0.15, 0.2) is 17.0 Å². The van der Waals surface area contributed by atoms with Crippen molar-refractivity contribution in [3.8, 4) is 11.5 Å². The normalized spacial score (nSPS) is 17.1. The highest BCUT2D eigenvalue weighted by Crippen LogP contribution is 2.38. The minimum absolute atomic E-state index is 0.223. The molecular formula is C11H8N2O5S2. The van der Waals surface area contributed by atoms with E-state index in [4.69, 9.17) is 12.2 Å². The molecule has 0 unspecified atom stereocenters. The molecule has 0 atom stereocenters. The van der Waals surface area contributed by atoms with Gasteiger partial charge in [-0.3, -0.25) is 19.8 Å². The third kappa shape index (κ3) is 2.45. The first-order valence-corrected chi connectivity index (χ1v) is 6.45. The van der Waals surface area contributed by atoms with Gasteiger partial charge >= 0.3 is 5.69 Å². The van der Waals surface area contributed by atoms with Gasteiger partial charge in [0.05, 0.1) is 9.83 Å². The number of benzene rings is 1. The highest BCUT2D eigenvalue weighted by atomic mass is 32.2. The van der Waals surface area contributed by atoms with E-state index >= 15 is 0 Å². The molecule has 1 fully saturated rings. The number of carbonyl (C=O) groups excluding carboxylic acids is 1. The third-order valence-corrected chi connectivity index (χ3v) is 4.06. The lowest BCUT2D eigenvalue weighted by atomic mass is 10.1. The van der Waals surface area contributed by atoms with Crippen LogP contribution in [0.5, 0.6) is 11.5 Å². The Morgan fingerprint density at radius 2 is 2.10 bits per heavy atom. The molecule has 1 heterocycles. The van der Waals surface area contributed by atoms with Gasteiger partial charge in [-0.25, -0.2) is 0 Å². The molecule has 1 aliphatic rings. The smallest absolute Gasteiger partial charge is 0.315 e. The minimum Gasteiger partial charge on any atom is -0.504 e. The lowest BCUT2D eigenvalue weighted by molar-refractivity contribution is -0.386. The van der Waals surface area contributed by atoms with Crippen LogP contribution in [0.1, 0.15) is 5.56 Å². The number of aromatic hydroxyl groups is 2. The van der Waals surface area contributed by atoms with Crippen molar-refractivity contribution in [1.29, 1.82) is 0 Å². The zero-order valence-electron chi connectivity index (χ0n) is 10.1. The number of rotatable bonds is 2. The van der Waals surface area contributed by atoms with E-state index in [0.717, 1.165) is 23.9 Å². The Kier molecular flexibility index (Phi) is 3.64. The van der Waals surface area contributed by atoms with Crippen molar-refractivity contribution in [3.63, 3.8) is 0 Å². The number of carbonyl (C=O) groups is 1. The van der Waals surface area contributed by atoms with Crippen LogP contribution < -0.4 is 0 Å². The Balaban J connectivity index is 2.48. The maximum absolute atomic E-state index is 11.8. The fraction of sp³-hybridized carbons (Fsp3) is 0.0909. The number of nitro groups is 1. The van der Waals surface area contributed by atoms with Gasteiger partial charge in [-0.05, 0) is 17.7 Å². The Bertz CT molecular complexity index is 671. The van der Waals surface area contributed by atoms with Gasteiger partial charge < -0.3 is 10.2 Å². The van der Waals surface area contributed by atoms with E-state index < -0.39 is 22.1 Å². The van der Waals surface area contributed by atoms with Gasteiger partial charge in [0.1, 0.15) is 4.32 Å². The Hall–Kier alpha value is -2.13. The molecule has 0 spiro atoms. The molecule has 0 bridgehead atoms. The van der Waals surface area contributed by atoms with E-state index in [2.05, 4.69) is 0 Å². The highest BCUT2D eigenvalue weighted by molar-refractivity contribution is 8.26. The van der Waals surface area contributed by atoms with Crippen LogP contribution in [0.4, 0.5) is 5.69 Å². The Labute approximate surface area is 122 Å². The van der Waals surface area contributed by atoms with Crippen molar-refractivity contribution in [2.45, 2.75) is 0 Å². The minimum atomic E-state index is -0.822. The van der Waals surface area contributed by atoms with E-state index in [-0.39, 0.29) is 16.4 Å². The van der Waals surface area contributed by atoms with Crippen molar-refractivity contribution < 1.29 is 19.9 Å². The molecule has 0 saturated carbocycles. The average Bonchev–Trinajstić information content (AvgIpc) is 2.61. The van der Waals surface area contributed by atoms with Gasteiger partial charge in [0, 0.05) is 13.1 Å². The summed E-state index contributed by atoms with van der Waals surface area (Å²) < 4.78 is 0.374. The molecule has 0 radical (unpaired) electrons. The van der Waals surface area contributed by atoms with Gasteiger partial charge in [-0.15, -0.1) is 0 Å². The summed E-state index contributed by atoms with van der Waals surface area (Å²) >= 11 is 6.01. The number of nitrogens with zero attached hydrogens (tertiary/aromatic N) is 2. The quantitative estimate of drug-likeness (QED) is 0.282. The molecule has 0 aromatic heterocycles. The number of thiocarbonyl (C=S) groups is 1. The second-order valence-electron chi connectivity index (χ2n) is 3.91. The fourth-order valence-corrected chi connectivity index (χ4v) is 2.72. The van der Waals surface area contributed by atoms with E-state index in [1.165, 1.54) is 18.0 Å². The number of phenols is 2. The van der Waals surface area contributed by atoms with E-state index in [0.29, 0.717) is 4.32 Å². The molecule has 9 heteroatoms. The van der Waals surface area contributed by atoms with E-state index in [9.17, 15) is 25.1 Å². The monoisotopic (exact) mass is 312 g/mol. The standard InChI is InChI=1S/C11H8N2O5S2/c1-12-10(16)8(20-11(12)19)4-5-2-6(13(17)18)9(15)7(14)3-5/h2-4,14-15H,1H3/b8-4+. The number of nitro benzene ring substituents is 1. The molecule has 1 aliphatic heterocycles. The molecule has 1 saturated heterocycles. The number of thioether (sulfide) groups is 1. The number of likely N-dealkylation sites (N-methyl/N-ethyl adjacent to an activating group) is 1. The number of phenolic OH excluding ortho intramolecular Hbond substituents is 2. The van der Waals surface area contributed by atoms with Crippen molar-refractivity contribution in [3.05, 3.63) is 32.7 Å². The fourth-order valence-electron chi connectivity index (χ4n) is 1.54. The molecular weight excluding hydrogens is 304 g/mol. The first kappa shape index (κ1) is 14.3. The van der Waals surface area contributed by atoms with Gasteiger partial charge in [0.2, 0.25) is 5.75 Å². The van der Waals surface area contributed by atoms with E-state index in [1.54, 1.807) is 0 Å². The molecule has 2 rings (SSSR count). The predicted octanol–water partition coefficient (Wildman–Crippen LogP) is 1.84. The second kappa shape index (κ2) is 5.10. The summed E-state index contributed by atoms with van der Waals surface area (Å²) in [5.74, 6) is -1.76. The van der Waals surface area contributed by atoms with Crippen molar-refractivity contribution in [1.82, 2.24) is 4.90 Å². The zero-order valence-corrected chi connectivity index (χ0v) is 11.7.